The molecule has 3 rings (SSSR count). The van der Waals surface area contributed by atoms with Gasteiger partial charge in [-0.3, -0.25) is 19.3 Å². The van der Waals surface area contributed by atoms with Crippen LogP contribution in [0.25, 0.3) is 6.08 Å². The molecule has 27 heavy (non-hydrogen) atoms. The second-order valence-electron chi connectivity index (χ2n) is 5.72. The van der Waals surface area contributed by atoms with Gasteiger partial charge in [-0.1, -0.05) is 40.2 Å². The lowest BCUT2D eigenvalue weighted by molar-refractivity contribution is -0.127. The molecule has 0 unspecified atom stereocenters. The number of primary amides is 1. The fraction of sp³-hybridized carbons (Fsp3) is 0.105. The number of halogens is 1. The van der Waals surface area contributed by atoms with Gasteiger partial charge >= 0.3 is 0 Å². The summed E-state index contributed by atoms with van der Waals surface area (Å²) in [5.74, 6) is -0.554. The quantitative estimate of drug-likeness (QED) is 0.685. The van der Waals surface area contributed by atoms with Crippen molar-refractivity contribution in [1.82, 2.24) is 4.90 Å². The summed E-state index contributed by atoms with van der Waals surface area (Å²) >= 11 is 4.18. The maximum absolute atomic E-state index is 12.2. The number of carbonyl (C=O) groups is 3. The number of hydrogen-bond donors (Lipinski definition) is 1. The van der Waals surface area contributed by atoms with Gasteiger partial charge in [0.05, 0.1) is 4.91 Å². The smallest absolute Gasteiger partial charge is 0.294 e. The van der Waals surface area contributed by atoms with E-state index >= 15 is 0 Å². The van der Waals surface area contributed by atoms with E-state index in [1.807, 2.05) is 24.3 Å². The molecule has 0 bridgehead atoms. The molecule has 6 nitrogen and oxygen atoms in total. The van der Waals surface area contributed by atoms with Crippen LogP contribution in [0.1, 0.15) is 11.1 Å². The topological polar surface area (TPSA) is 89.7 Å². The van der Waals surface area contributed by atoms with E-state index < -0.39 is 23.6 Å². The zero-order valence-corrected chi connectivity index (χ0v) is 16.5. The molecule has 1 fully saturated rings. The number of hydrogen-bond acceptors (Lipinski definition) is 5. The van der Waals surface area contributed by atoms with Crippen molar-refractivity contribution in [2.75, 3.05) is 6.54 Å². The van der Waals surface area contributed by atoms with Crippen LogP contribution < -0.4 is 10.5 Å². The van der Waals surface area contributed by atoms with Gasteiger partial charge in [0.2, 0.25) is 5.91 Å². The van der Waals surface area contributed by atoms with Crippen LogP contribution in [0.15, 0.2) is 57.9 Å². The molecule has 1 saturated heterocycles. The number of rotatable bonds is 6. The van der Waals surface area contributed by atoms with Gasteiger partial charge in [0.15, 0.2) is 0 Å². The highest BCUT2D eigenvalue weighted by atomic mass is 79.9. The van der Waals surface area contributed by atoms with Crippen molar-refractivity contribution in [2.45, 2.75) is 6.61 Å². The first-order valence-electron chi connectivity index (χ1n) is 7.93. The fourth-order valence-electron chi connectivity index (χ4n) is 2.35. The Balaban J connectivity index is 1.64. The Bertz CT molecular complexity index is 910. The molecule has 2 aromatic carbocycles. The summed E-state index contributed by atoms with van der Waals surface area (Å²) in [7, 11) is 0. The van der Waals surface area contributed by atoms with E-state index in [4.69, 9.17) is 10.5 Å². The van der Waals surface area contributed by atoms with Crippen LogP contribution in [0.2, 0.25) is 0 Å². The first-order valence-corrected chi connectivity index (χ1v) is 9.54. The molecule has 1 heterocycles. The first kappa shape index (κ1) is 19.2. The standard InChI is InChI=1S/C19H15BrN2O4S/c20-14-5-1-13(2-6-14)11-26-15-7-3-12(4-8-15)9-16-18(24)22(10-17(21)23)19(25)27-16/h1-9H,10-11H2,(H2,21,23)/b16-9-. The number of benzene rings is 2. The highest BCUT2D eigenvalue weighted by Crippen LogP contribution is 2.32. The van der Waals surface area contributed by atoms with E-state index in [-0.39, 0.29) is 4.91 Å². The van der Waals surface area contributed by atoms with Crippen LogP contribution in [0, 0.1) is 0 Å². The van der Waals surface area contributed by atoms with Crippen molar-refractivity contribution in [1.29, 1.82) is 0 Å². The van der Waals surface area contributed by atoms with Crippen molar-refractivity contribution in [3.05, 3.63) is 69.0 Å². The number of nitrogens with zero attached hydrogens (tertiary/aromatic N) is 1. The maximum atomic E-state index is 12.2. The van der Waals surface area contributed by atoms with Gasteiger partial charge < -0.3 is 10.5 Å². The fourth-order valence-corrected chi connectivity index (χ4v) is 3.45. The molecule has 1 aliphatic heterocycles. The average Bonchev–Trinajstić information content (AvgIpc) is 2.89. The summed E-state index contributed by atoms with van der Waals surface area (Å²) in [6.07, 6.45) is 1.60. The zero-order valence-electron chi connectivity index (χ0n) is 14.1. The molecule has 1 aliphatic rings. The largest absolute Gasteiger partial charge is 0.489 e. The van der Waals surface area contributed by atoms with E-state index in [0.29, 0.717) is 12.4 Å². The normalized spacial score (nSPS) is 15.4. The predicted molar refractivity (Wildman–Crippen MR) is 107 cm³/mol. The van der Waals surface area contributed by atoms with Crippen LogP contribution >= 0.6 is 27.7 Å². The highest BCUT2D eigenvalue weighted by Gasteiger charge is 2.35. The Morgan fingerprint density at radius 2 is 1.78 bits per heavy atom. The number of imide groups is 1. The molecule has 0 radical (unpaired) electrons. The number of nitrogens with two attached hydrogens (primary N) is 1. The van der Waals surface area contributed by atoms with Gasteiger partial charge in [-0.25, -0.2) is 0 Å². The number of thioether (sulfide) groups is 1. The molecule has 2 N–H and O–H groups in total. The second kappa shape index (κ2) is 8.41. The summed E-state index contributed by atoms with van der Waals surface area (Å²) in [5, 5.41) is -0.500. The second-order valence-corrected chi connectivity index (χ2v) is 7.63. The average molecular weight is 447 g/mol. The number of carbonyl (C=O) groups excluding carboxylic acids is 3. The third-order valence-electron chi connectivity index (χ3n) is 3.68. The minimum atomic E-state index is -0.731. The Morgan fingerprint density at radius 1 is 1.11 bits per heavy atom. The van der Waals surface area contributed by atoms with Gasteiger partial charge in [-0.2, -0.15) is 0 Å². The highest BCUT2D eigenvalue weighted by molar-refractivity contribution is 9.10. The van der Waals surface area contributed by atoms with E-state index in [9.17, 15) is 14.4 Å². The summed E-state index contributed by atoms with van der Waals surface area (Å²) < 4.78 is 6.74. The van der Waals surface area contributed by atoms with E-state index in [1.165, 1.54) is 0 Å². The van der Waals surface area contributed by atoms with E-state index in [1.54, 1.807) is 30.3 Å². The van der Waals surface area contributed by atoms with E-state index in [2.05, 4.69) is 15.9 Å². The van der Waals surface area contributed by atoms with Crippen molar-refractivity contribution < 1.29 is 19.1 Å². The Morgan fingerprint density at radius 3 is 2.41 bits per heavy atom. The van der Waals surface area contributed by atoms with Crippen LogP contribution in [-0.4, -0.2) is 28.5 Å². The molecule has 3 amide bonds. The van der Waals surface area contributed by atoms with Crippen LogP contribution in [0.5, 0.6) is 5.75 Å². The van der Waals surface area contributed by atoms with Gasteiger partial charge in [0, 0.05) is 4.47 Å². The Labute approximate surface area is 168 Å². The third kappa shape index (κ3) is 4.99. The Kier molecular flexibility index (Phi) is 5.98. The third-order valence-corrected chi connectivity index (χ3v) is 5.12. The van der Waals surface area contributed by atoms with Crippen LogP contribution in [0.3, 0.4) is 0 Å². The lowest BCUT2D eigenvalue weighted by Crippen LogP contribution is -2.36. The zero-order chi connectivity index (χ0) is 19.4. The first-order chi connectivity index (χ1) is 12.9. The summed E-state index contributed by atoms with van der Waals surface area (Å²) in [5.41, 5.74) is 6.85. The van der Waals surface area contributed by atoms with Crippen molar-refractivity contribution in [3.63, 3.8) is 0 Å². The molecule has 0 atom stereocenters. The molecular weight excluding hydrogens is 432 g/mol. The van der Waals surface area contributed by atoms with Crippen LogP contribution in [0.4, 0.5) is 4.79 Å². The van der Waals surface area contributed by atoms with Gasteiger partial charge in [-0.05, 0) is 53.2 Å². The summed E-state index contributed by atoms with van der Waals surface area (Å²) in [4.78, 5) is 36.1. The molecular formula is C19H15BrN2O4S. The molecule has 0 aliphatic carbocycles. The molecule has 2 aromatic rings. The summed E-state index contributed by atoms with van der Waals surface area (Å²) in [6, 6.07) is 15.0. The molecule has 0 saturated carbocycles. The van der Waals surface area contributed by atoms with Crippen molar-refractivity contribution >= 4 is 50.8 Å². The molecule has 0 aromatic heterocycles. The Hall–Kier alpha value is -2.58. The molecule has 138 valence electrons. The monoisotopic (exact) mass is 446 g/mol. The van der Waals surface area contributed by atoms with Gasteiger partial charge in [-0.15, -0.1) is 0 Å². The van der Waals surface area contributed by atoms with Gasteiger partial charge in [0.25, 0.3) is 11.1 Å². The van der Waals surface area contributed by atoms with Crippen molar-refractivity contribution in [2.24, 2.45) is 5.73 Å². The van der Waals surface area contributed by atoms with E-state index in [0.717, 1.165) is 32.3 Å². The SMILES string of the molecule is NC(=O)CN1C(=O)S/C(=C\c2ccc(OCc3ccc(Br)cc3)cc2)C1=O. The maximum Gasteiger partial charge on any atom is 0.294 e. The number of amides is 3. The lowest BCUT2D eigenvalue weighted by Gasteiger charge is -2.08. The lowest BCUT2D eigenvalue weighted by atomic mass is 10.2. The number of ether oxygens (including phenoxy) is 1. The molecule has 8 heteroatoms. The van der Waals surface area contributed by atoms with Crippen LogP contribution in [-0.2, 0) is 16.2 Å². The minimum absolute atomic E-state index is 0.254. The van der Waals surface area contributed by atoms with Crippen molar-refractivity contribution in [3.8, 4) is 5.75 Å². The summed E-state index contributed by atoms with van der Waals surface area (Å²) in [6.45, 7) is 0.0312. The predicted octanol–water partition coefficient (Wildman–Crippen LogP) is 3.55. The molecule has 0 spiro atoms. The minimum Gasteiger partial charge on any atom is -0.489 e. The van der Waals surface area contributed by atoms with Gasteiger partial charge in [0.1, 0.15) is 18.9 Å².